The Morgan fingerprint density at radius 1 is 1.16 bits per heavy atom. The normalized spacial score (nSPS) is 14.4. The maximum absolute atomic E-state index is 12.3. The van der Waals surface area contributed by atoms with Crippen LogP contribution in [0, 0.1) is 5.92 Å². The second-order valence-electron chi connectivity index (χ2n) is 6.86. The third-order valence-electron chi connectivity index (χ3n) is 5.03. The van der Waals surface area contributed by atoms with Crippen LogP contribution in [-0.4, -0.2) is 21.1 Å². The highest BCUT2D eigenvalue weighted by Gasteiger charge is 2.24. The fourth-order valence-electron chi connectivity index (χ4n) is 3.55. The van der Waals surface area contributed by atoms with Crippen LogP contribution in [0.15, 0.2) is 47.7 Å². The van der Waals surface area contributed by atoms with Crippen molar-refractivity contribution in [2.75, 3.05) is 6.61 Å². The zero-order chi connectivity index (χ0) is 17.0. The number of ether oxygens (including phenoxy) is 1. The Bertz CT molecular complexity index is 1140. The standard InChI is InChI=1S/C20H19N3O2/c1-23-10-15(14-7-9-22-20(24)19(14)23)17-16(25-11-12-2-3-12)5-4-13-6-8-21-18(13)17/h4-10,12,21H,2-3,11H2,1H3,(H,22,24). The van der Waals surface area contributed by atoms with E-state index in [1.54, 1.807) is 6.20 Å². The molecule has 1 fully saturated rings. The number of H-pyrrole nitrogens is 2. The van der Waals surface area contributed by atoms with Gasteiger partial charge in [0, 0.05) is 42.0 Å². The molecular formula is C20H19N3O2. The molecule has 0 amide bonds. The van der Waals surface area contributed by atoms with E-state index in [2.05, 4.69) is 22.1 Å². The van der Waals surface area contributed by atoms with Crippen molar-refractivity contribution in [3.63, 3.8) is 0 Å². The van der Waals surface area contributed by atoms with Crippen LogP contribution < -0.4 is 10.3 Å². The van der Waals surface area contributed by atoms with Crippen molar-refractivity contribution in [3.05, 3.63) is 53.2 Å². The summed E-state index contributed by atoms with van der Waals surface area (Å²) in [4.78, 5) is 18.4. The van der Waals surface area contributed by atoms with Crippen molar-refractivity contribution in [2.24, 2.45) is 13.0 Å². The van der Waals surface area contributed by atoms with Gasteiger partial charge in [-0.2, -0.15) is 0 Å². The molecule has 0 saturated heterocycles. The summed E-state index contributed by atoms with van der Waals surface area (Å²) < 4.78 is 8.05. The molecule has 4 aromatic rings. The lowest BCUT2D eigenvalue weighted by Gasteiger charge is -2.12. The Balaban J connectivity index is 1.79. The van der Waals surface area contributed by atoms with Gasteiger partial charge in [0.15, 0.2) is 0 Å². The van der Waals surface area contributed by atoms with Crippen LogP contribution in [0.3, 0.4) is 0 Å². The van der Waals surface area contributed by atoms with Gasteiger partial charge in [-0.3, -0.25) is 4.79 Å². The number of benzene rings is 1. The van der Waals surface area contributed by atoms with E-state index >= 15 is 0 Å². The van der Waals surface area contributed by atoms with Crippen molar-refractivity contribution >= 4 is 21.8 Å². The van der Waals surface area contributed by atoms with E-state index in [9.17, 15) is 4.79 Å². The van der Waals surface area contributed by atoms with Gasteiger partial charge < -0.3 is 19.3 Å². The molecular weight excluding hydrogens is 314 g/mol. The number of aromatic amines is 2. The summed E-state index contributed by atoms with van der Waals surface area (Å²) in [5, 5.41) is 2.07. The minimum absolute atomic E-state index is 0.0784. The largest absolute Gasteiger partial charge is 0.493 e. The molecule has 1 aromatic carbocycles. The summed E-state index contributed by atoms with van der Waals surface area (Å²) in [6.45, 7) is 0.755. The molecule has 0 spiro atoms. The van der Waals surface area contributed by atoms with Gasteiger partial charge in [-0.1, -0.05) is 0 Å². The molecule has 5 rings (SSSR count). The minimum Gasteiger partial charge on any atom is -0.493 e. The van der Waals surface area contributed by atoms with Gasteiger partial charge in [0.05, 0.1) is 17.7 Å². The Labute approximate surface area is 144 Å². The fourth-order valence-corrected chi connectivity index (χ4v) is 3.55. The summed E-state index contributed by atoms with van der Waals surface area (Å²) in [6, 6.07) is 8.13. The number of rotatable bonds is 4. The molecule has 0 radical (unpaired) electrons. The second kappa shape index (κ2) is 5.28. The molecule has 5 heteroatoms. The maximum atomic E-state index is 12.3. The van der Waals surface area contributed by atoms with E-state index in [1.807, 2.05) is 36.1 Å². The number of nitrogens with one attached hydrogen (secondary N) is 2. The Morgan fingerprint density at radius 2 is 2.00 bits per heavy atom. The molecule has 2 N–H and O–H groups in total. The second-order valence-corrected chi connectivity index (χ2v) is 6.86. The molecule has 3 aromatic heterocycles. The molecule has 1 saturated carbocycles. The summed E-state index contributed by atoms with van der Waals surface area (Å²) in [5.74, 6) is 1.55. The van der Waals surface area contributed by atoms with Gasteiger partial charge in [-0.05, 0) is 43.0 Å². The highest BCUT2D eigenvalue weighted by atomic mass is 16.5. The van der Waals surface area contributed by atoms with Crippen LogP contribution >= 0.6 is 0 Å². The first kappa shape index (κ1) is 14.4. The van der Waals surface area contributed by atoms with Crippen molar-refractivity contribution in [2.45, 2.75) is 12.8 Å². The molecule has 3 heterocycles. The van der Waals surface area contributed by atoms with Crippen LogP contribution in [0.25, 0.3) is 32.9 Å². The van der Waals surface area contributed by atoms with Crippen LogP contribution in [0.1, 0.15) is 12.8 Å². The van der Waals surface area contributed by atoms with Gasteiger partial charge in [0.25, 0.3) is 5.56 Å². The third-order valence-corrected chi connectivity index (χ3v) is 5.03. The minimum atomic E-state index is -0.0784. The monoisotopic (exact) mass is 333 g/mol. The summed E-state index contributed by atoms with van der Waals surface area (Å²) in [7, 11) is 1.90. The first-order chi connectivity index (χ1) is 12.2. The average molecular weight is 333 g/mol. The van der Waals surface area contributed by atoms with Crippen LogP contribution in [0.2, 0.25) is 0 Å². The summed E-state index contributed by atoms with van der Waals surface area (Å²) in [6.07, 6.45) is 8.16. The number of hydrogen-bond donors (Lipinski definition) is 2. The van der Waals surface area contributed by atoms with E-state index in [0.717, 1.165) is 39.8 Å². The molecule has 0 unspecified atom stereocenters. The molecule has 5 nitrogen and oxygen atoms in total. The predicted octanol–water partition coefficient (Wildman–Crippen LogP) is 3.80. The number of hydrogen-bond acceptors (Lipinski definition) is 2. The number of aryl methyl sites for hydroxylation is 1. The Kier molecular flexibility index (Phi) is 3.04. The Morgan fingerprint density at radius 3 is 2.84 bits per heavy atom. The number of nitrogens with zero attached hydrogens (tertiary/aromatic N) is 1. The number of pyridine rings is 1. The average Bonchev–Trinajstić information content (AvgIpc) is 3.21. The van der Waals surface area contributed by atoms with Crippen molar-refractivity contribution in [1.29, 1.82) is 0 Å². The smallest absolute Gasteiger partial charge is 0.272 e. The van der Waals surface area contributed by atoms with E-state index in [4.69, 9.17) is 4.74 Å². The van der Waals surface area contributed by atoms with Crippen LogP contribution in [0.5, 0.6) is 5.75 Å². The zero-order valence-corrected chi connectivity index (χ0v) is 14.0. The SMILES string of the molecule is Cn1cc(-c2c(OCC3CC3)ccc3cc[nH]c23)c2cc[nH]c(=O)c21. The highest BCUT2D eigenvalue weighted by Crippen LogP contribution is 2.41. The topological polar surface area (TPSA) is 62.8 Å². The first-order valence-corrected chi connectivity index (χ1v) is 8.62. The van der Waals surface area contributed by atoms with Crippen molar-refractivity contribution in [3.8, 4) is 16.9 Å². The summed E-state index contributed by atoms with van der Waals surface area (Å²) in [5.41, 5.74) is 3.68. The van der Waals surface area contributed by atoms with Gasteiger partial charge >= 0.3 is 0 Å². The van der Waals surface area contributed by atoms with E-state index in [0.29, 0.717) is 11.4 Å². The molecule has 0 bridgehead atoms. The van der Waals surface area contributed by atoms with E-state index in [1.165, 1.54) is 12.8 Å². The van der Waals surface area contributed by atoms with Gasteiger partial charge in [0.2, 0.25) is 0 Å². The lowest BCUT2D eigenvalue weighted by Crippen LogP contribution is -2.07. The number of fused-ring (bicyclic) bond motifs is 2. The van der Waals surface area contributed by atoms with Gasteiger partial charge in [-0.15, -0.1) is 0 Å². The van der Waals surface area contributed by atoms with Crippen LogP contribution in [-0.2, 0) is 7.05 Å². The van der Waals surface area contributed by atoms with Crippen molar-refractivity contribution in [1.82, 2.24) is 14.5 Å². The van der Waals surface area contributed by atoms with Crippen LogP contribution in [0.4, 0.5) is 0 Å². The van der Waals surface area contributed by atoms with Gasteiger partial charge in [0.1, 0.15) is 11.3 Å². The lowest BCUT2D eigenvalue weighted by molar-refractivity contribution is 0.301. The molecule has 1 aliphatic rings. The Hall–Kier alpha value is -2.95. The lowest BCUT2D eigenvalue weighted by atomic mass is 10.0. The first-order valence-electron chi connectivity index (χ1n) is 8.62. The van der Waals surface area contributed by atoms with E-state index < -0.39 is 0 Å². The quantitative estimate of drug-likeness (QED) is 0.596. The fraction of sp³-hybridized carbons (Fsp3) is 0.250. The van der Waals surface area contributed by atoms with E-state index in [-0.39, 0.29) is 5.56 Å². The molecule has 126 valence electrons. The van der Waals surface area contributed by atoms with Gasteiger partial charge in [-0.25, -0.2) is 0 Å². The molecule has 25 heavy (non-hydrogen) atoms. The predicted molar refractivity (Wildman–Crippen MR) is 99.1 cm³/mol. The third kappa shape index (κ3) is 2.27. The zero-order valence-electron chi connectivity index (χ0n) is 14.0. The number of aromatic nitrogens is 3. The highest BCUT2D eigenvalue weighted by molar-refractivity contribution is 6.06. The van der Waals surface area contributed by atoms with Crippen molar-refractivity contribution < 1.29 is 4.74 Å². The maximum Gasteiger partial charge on any atom is 0.272 e. The molecule has 0 atom stereocenters. The summed E-state index contributed by atoms with van der Waals surface area (Å²) >= 11 is 0. The molecule has 0 aliphatic heterocycles. The molecule has 1 aliphatic carbocycles.